The van der Waals surface area contributed by atoms with Crippen LogP contribution in [0.15, 0.2) is 48.5 Å². The summed E-state index contributed by atoms with van der Waals surface area (Å²) >= 11 is 0. The van der Waals surface area contributed by atoms with E-state index in [1.165, 1.54) is 11.3 Å². The van der Waals surface area contributed by atoms with E-state index in [-0.39, 0.29) is 5.91 Å². The molecule has 1 fully saturated rings. The fourth-order valence-corrected chi connectivity index (χ4v) is 3.21. The number of nitrogens with one attached hydrogen (secondary N) is 1. The number of nitrogens with zero attached hydrogens (tertiary/aromatic N) is 2. The number of aryl methyl sites for hydroxylation is 1. The van der Waals surface area contributed by atoms with Gasteiger partial charge in [0.05, 0.1) is 0 Å². The van der Waals surface area contributed by atoms with Crippen molar-refractivity contribution in [2.75, 3.05) is 31.1 Å². The van der Waals surface area contributed by atoms with E-state index in [1.807, 2.05) is 23.1 Å². The molecule has 1 aliphatic rings. The van der Waals surface area contributed by atoms with Crippen molar-refractivity contribution >= 4 is 17.6 Å². The number of nitrogens with two attached hydrogens (primary N) is 1. The molecule has 136 valence electrons. The molecule has 0 aliphatic carbocycles. The van der Waals surface area contributed by atoms with Crippen molar-refractivity contribution in [1.82, 2.24) is 10.2 Å². The molecule has 1 saturated heterocycles. The Morgan fingerprint density at radius 1 is 1.00 bits per heavy atom. The molecular formula is C20H24N4O2. The van der Waals surface area contributed by atoms with E-state index in [9.17, 15) is 9.59 Å². The summed E-state index contributed by atoms with van der Waals surface area (Å²) in [4.78, 5) is 27.7. The number of carbonyl (C=O) groups is 2. The second kappa shape index (κ2) is 7.91. The van der Waals surface area contributed by atoms with Gasteiger partial charge in [0.2, 0.25) is 0 Å². The van der Waals surface area contributed by atoms with E-state index in [0.717, 1.165) is 18.7 Å². The summed E-state index contributed by atoms with van der Waals surface area (Å²) in [6.07, 6.45) is 0. The highest BCUT2D eigenvalue weighted by atomic mass is 16.2. The molecule has 3 amide bonds. The van der Waals surface area contributed by atoms with E-state index in [0.29, 0.717) is 25.2 Å². The van der Waals surface area contributed by atoms with Gasteiger partial charge in [0.15, 0.2) is 0 Å². The molecule has 1 aliphatic heterocycles. The Morgan fingerprint density at radius 2 is 1.65 bits per heavy atom. The minimum atomic E-state index is -0.559. The fraction of sp³-hybridized carbons (Fsp3) is 0.300. The van der Waals surface area contributed by atoms with Crippen LogP contribution in [-0.2, 0) is 6.54 Å². The Hall–Kier alpha value is -3.02. The van der Waals surface area contributed by atoms with Crippen molar-refractivity contribution < 1.29 is 9.59 Å². The lowest BCUT2D eigenvalue weighted by Gasteiger charge is -2.36. The number of hydrogen-bond acceptors (Lipinski definition) is 3. The lowest BCUT2D eigenvalue weighted by molar-refractivity contribution is 0.0746. The summed E-state index contributed by atoms with van der Waals surface area (Å²) in [6.45, 7) is 5.55. The molecule has 0 spiro atoms. The number of piperazine rings is 1. The standard InChI is InChI=1S/C20H24N4O2/c1-15-4-2-3-5-18(15)23-10-12-24(13-11-23)19(25)17-8-6-16(7-9-17)14-22-20(21)26/h2-9H,10-14H2,1H3,(H3,21,22,26). The van der Waals surface area contributed by atoms with Crippen molar-refractivity contribution in [3.8, 4) is 0 Å². The van der Waals surface area contributed by atoms with Gasteiger partial charge in [0, 0.05) is 44.0 Å². The molecule has 0 saturated carbocycles. The molecule has 0 radical (unpaired) electrons. The van der Waals surface area contributed by atoms with Crippen LogP contribution in [0.4, 0.5) is 10.5 Å². The van der Waals surface area contributed by atoms with Crippen LogP contribution in [0.2, 0.25) is 0 Å². The summed E-state index contributed by atoms with van der Waals surface area (Å²) in [6, 6.07) is 15.1. The third-order valence-electron chi connectivity index (χ3n) is 4.69. The molecule has 26 heavy (non-hydrogen) atoms. The van der Waals surface area contributed by atoms with Gasteiger partial charge in [0.1, 0.15) is 0 Å². The van der Waals surface area contributed by atoms with Crippen LogP contribution in [0.3, 0.4) is 0 Å². The SMILES string of the molecule is Cc1ccccc1N1CCN(C(=O)c2ccc(CNC(N)=O)cc2)CC1. The zero-order valence-electron chi connectivity index (χ0n) is 14.9. The monoisotopic (exact) mass is 352 g/mol. The van der Waals surface area contributed by atoms with Gasteiger partial charge in [-0.25, -0.2) is 4.79 Å². The Morgan fingerprint density at radius 3 is 2.27 bits per heavy atom. The third kappa shape index (κ3) is 4.14. The summed E-state index contributed by atoms with van der Waals surface area (Å²) < 4.78 is 0. The first-order valence-corrected chi connectivity index (χ1v) is 8.76. The number of urea groups is 1. The van der Waals surface area contributed by atoms with Gasteiger partial charge < -0.3 is 20.9 Å². The van der Waals surface area contributed by atoms with E-state index in [4.69, 9.17) is 5.73 Å². The maximum absolute atomic E-state index is 12.7. The quantitative estimate of drug-likeness (QED) is 0.885. The zero-order chi connectivity index (χ0) is 18.5. The molecule has 3 rings (SSSR count). The van der Waals surface area contributed by atoms with Crippen LogP contribution in [-0.4, -0.2) is 43.0 Å². The topological polar surface area (TPSA) is 78.7 Å². The number of para-hydroxylation sites is 1. The van der Waals surface area contributed by atoms with E-state index in [2.05, 4.69) is 35.3 Å². The normalized spacial score (nSPS) is 14.2. The Bertz CT molecular complexity index is 781. The second-order valence-corrected chi connectivity index (χ2v) is 6.48. The minimum Gasteiger partial charge on any atom is -0.368 e. The maximum atomic E-state index is 12.7. The second-order valence-electron chi connectivity index (χ2n) is 6.48. The smallest absolute Gasteiger partial charge is 0.312 e. The molecule has 3 N–H and O–H groups in total. The van der Waals surface area contributed by atoms with Gasteiger partial charge >= 0.3 is 6.03 Å². The molecule has 0 bridgehead atoms. The van der Waals surface area contributed by atoms with Crippen molar-refractivity contribution in [3.05, 3.63) is 65.2 Å². The summed E-state index contributed by atoms with van der Waals surface area (Å²) in [5.41, 5.74) is 9.13. The first kappa shape index (κ1) is 17.8. The van der Waals surface area contributed by atoms with E-state index in [1.54, 1.807) is 12.1 Å². The van der Waals surface area contributed by atoms with Crippen molar-refractivity contribution in [1.29, 1.82) is 0 Å². The highest BCUT2D eigenvalue weighted by Crippen LogP contribution is 2.21. The van der Waals surface area contributed by atoms with Crippen LogP contribution in [0, 0.1) is 6.92 Å². The Balaban J connectivity index is 1.58. The zero-order valence-corrected chi connectivity index (χ0v) is 14.9. The number of primary amides is 1. The van der Waals surface area contributed by atoms with Crippen molar-refractivity contribution in [2.45, 2.75) is 13.5 Å². The third-order valence-corrected chi connectivity index (χ3v) is 4.69. The van der Waals surface area contributed by atoms with Crippen LogP contribution in [0.1, 0.15) is 21.5 Å². The first-order chi connectivity index (χ1) is 12.5. The van der Waals surface area contributed by atoms with Crippen LogP contribution in [0.25, 0.3) is 0 Å². The maximum Gasteiger partial charge on any atom is 0.312 e. The molecule has 2 aromatic carbocycles. The number of rotatable bonds is 4. The number of anilines is 1. The van der Waals surface area contributed by atoms with Gasteiger partial charge in [-0.1, -0.05) is 30.3 Å². The van der Waals surface area contributed by atoms with Gasteiger partial charge in [-0.3, -0.25) is 4.79 Å². The first-order valence-electron chi connectivity index (χ1n) is 8.76. The van der Waals surface area contributed by atoms with Crippen LogP contribution in [0.5, 0.6) is 0 Å². The number of carbonyl (C=O) groups excluding carboxylic acids is 2. The molecular weight excluding hydrogens is 328 g/mol. The fourth-order valence-electron chi connectivity index (χ4n) is 3.21. The summed E-state index contributed by atoms with van der Waals surface area (Å²) in [7, 11) is 0. The van der Waals surface area contributed by atoms with E-state index >= 15 is 0 Å². The van der Waals surface area contributed by atoms with Gasteiger partial charge in [-0.05, 0) is 36.2 Å². The number of benzene rings is 2. The van der Waals surface area contributed by atoms with E-state index < -0.39 is 6.03 Å². The lowest BCUT2D eigenvalue weighted by Crippen LogP contribution is -2.49. The molecule has 1 heterocycles. The highest BCUT2D eigenvalue weighted by molar-refractivity contribution is 5.94. The Kier molecular flexibility index (Phi) is 5.41. The predicted octanol–water partition coefficient (Wildman–Crippen LogP) is 2.13. The molecule has 2 aromatic rings. The number of amides is 3. The summed E-state index contributed by atoms with van der Waals surface area (Å²) in [5.74, 6) is 0.0452. The molecule has 6 heteroatoms. The van der Waals surface area contributed by atoms with Crippen LogP contribution < -0.4 is 16.0 Å². The molecule has 0 atom stereocenters. The lowest BCUT2D eigenvalue weighted by atomic mass is 10.1. The molecule has 0 aromatic heterocycles. The highest BCUT2D eigenvalue weighted by Gasteiger charge is 2.22. The molecule has 0 unspecified atom stereocenters. The number of hydrogen-bond donors (Lipinski definition) is 2. The summed E-state index contributed by atoms with van der Waals surface area (Å²) in [5, 5.41) is 2.54. The average Bonchev–Trinajstić information content (AvgIpc) is 2.67. The average molecular weight is 352 g/mol. The predicted molar refractivity (Wildman–Crippen MR) is 102 cm³/mol. The minimum absolute atomic E-state index is 0.0452. The van der Waals surface area contributed by atoms with Crippen molar-refractivity contribution in [2.24, 2.45) is 5.73 Å². The van der Waals surface area contributed by atoms with Crippen LogP contribution >= 0.6 is 0 Å². The van der Waals surface area contributed by atoms with Gasteiger partial charge in [0.25, 0.3) is 5.91 Å². The van der Waals surface area contributed by atoms with Gasteiger partial charge in [-0.2, -0.15) is 0 Å². The molecule has 6 nitrogen and oxygen atoms in total. The Labute approximate surface area is 153 Å². The van der Waals surface area contributed by atoms with Crippen molar-refractivity contribution in [3.63, 3.8) is 0 Å². The van der Waals surface area contributed by atoms with Gasteiger partial charge in [-0.15, -0.1) is 0 Å². The largest absolute Gasteiger partial charge is 0.368 e.